The van der Waals surface area contributed by atoms with Gasteiger partial charge >= 0.3 is 0 Å². The molecule has 1 saturated carbocycles. The van der Waals surface area contributed by atoms with E-state index in [2.05, 4.69) is 28.5 Å². The topological polar surface area (TPSA) is 59.6 Å². The maximum absolute atomic E-state index is 6.14. The summed E-state index contributed by atoms with van der Waals surface area (Å²) in [4.78, 5) is 4.68. The molecule has 0 saturated heterocycles. The lowest BCUT2D eigenvalue weighted by molar-refractivity contribution is 0.269. The molecule has 4 rings (SSSR count). The Balaban J connectivity index is 0.00000182. The third-order valence-corrected chi connectivity index (χ3v) is 4.90. The van der Waals surface area contributed by atoms with Gasteiger partial charge in [-0.15, -0.1) is 24.0 Å². The predicted molar refractivity (Wildman–Crippen MR) is 112 cm³/mol. The first-order valence-electron chi connectivity index (χ1n) is 8.28. The number of nitrogens with two attached hydrogens (primary N) is 1. The highest BCUT2D eigenvalue weighted by atomic mass is 127. The molecule has 2 aromatic rings. The number of halogens is 2. The fourth-order valence-corrected chi connectivity index (χ4v) is 3.41. The molecule has 4 nitrogen and oxygen atoms in total. The maximum atomic E-state index is 6.14. The summed E-state index contributed by atoms with van der Waals surface area (Å²) in [5.41, 5.74) is 8.55. The Kier molecular flexibility index (Phi) is 5.74. The van der Waals surface area contributed by atoms with E-state index in [1.165, 1.54) is 5.56 Å². The van der Waals surface area contributed by atoms with Gasteiger partial charge in [0.1, 0.15) is 5.75 Å². The highest BCUT2D eigenvalue weighted by Gasteiger charge is 2.38. The number of para-hydroxylation sites is 1. The van der Waals surface area contributed by atoms with E-state index in [1.807, 2.05) is 30.3 Å². The minimum Gasteiger partial charge on any atom is -0.493 e. The van der Waals surface area contributed by atoms with E-state index in [-0.39, 0.29) is 30.0 Å². The van der Waals surface area contributed by atoms with Crippen LogP contribution in [0.25, 0.3) is 0 Å². The van der Waals surface area contributed by atoms with Crippen LogP contribution < -0.4 is 15.8 Å². The number of rotatable bonds is 3. The third-order valence-electron chi connectivity index (χ3n) is 4.64. The molecule has 3 N–H and O–H groups in total. The quantitative estimate of drug-likeness (QED) is 0.402. The summed E-state index contributed by atoms with van der Waals surface area (Å²) < 4.78 is 5.67. The molecule has 1 unspecified atom stereocenters. The van der Waals surface area contributed by atoms with Gasteiger partial charge in [0.25, 0.3) is 0 Å². The number of ether oxygens (including phenoxy) is 1. The summed E-state index contributed by atoms with van der Waals surface area (Å²) in [6.45, 7) is 0.676. The molecule has 1 fully saturated rings. The van der Waals surface area contributed by atoms with Crippen molar-refractivity contribution in [3.63, 3.8) is 0 Å². The van der Waals surface area contributed by atoms with Crippen LogP contribution in [-0.2, 0) is 0 Å². The molecule has 6 heteroatoms. The van der Waals surface area contributed by atoms with Gasteiger partial charge in [-0.1, -0.05) is 41.9 Å². The molecule has 2 aromatic carbocycles. The largest absolute Gasteiger partial charge is 0.493 e. The van der Waals surface area contributed by atoms with Gasteiger partial charge in [-0.05, 0) is 30.2 Å². The van der Waals surface area contributed by atoms with Crippen molar-refractivity contribution in [1.29, 1.82) is 0 Å². The zero-order valence-corrected chi connectivity index (χ0v) is 16.8. The van der Waals surface area contributed by atoms with E-state index in [0.717, 1.165) is 29.2 Å². The van der Waals surface area contributed by atoms with Gasteiger partial charge in [0.05, 0.1) is 12.6 Å². The number of hydrogen-bond acceptors (Lipinski definition) is 2. The van der Waals surface area contributed by atoms with Crippen LogP contribution in [0.2, 0.25) is 5.02 Å². The number of guanidine groups is 1. The molecule has 2 aliphatic rings. The van der Waals surface area contributed by atoms with E-state index < -0.39 is 0 Å². The van der Waals surface area contributed by atoms with Gasteiger partial charge < -0.3 is 15.8 Å². The van der Waals surface area contributed by atoms with E-state index in [4.69, 9.17) is 22.1 Å². The van der Waals surface area contributed by atoms with Gasteiger partial charge in [-0.2, -0.15) is 0 Å². The molecule has 0 amide bonds. The molecule has 132 valence electrons. The maximum Gasteiger partial charge on any atom is 0.189 e. The average Bonchev–Trinajstić information content (AvgIpc) is 3.35. The van der Waals surface area contributed by atoms with Gasteiger partial charge in [-0.25, -0.2) is 4.99 Å². The van der Waals surface area contributed by atoms with Crippen molar-refractivity contribution in [1.82, 2.24) is 5.32 Å². The molecule has 0 aromatic heterocycles. The number of hydrogen-bond donors (Lipinski definition) is 2. The molecule has 1 aliphatic heterocycles. The number of benzene rings is 2. The molecule has 0 radical (unpaired) electrons. The van der Waals surface area contributed by atoms with Gasteiger partial charge in [0.2, 0.25) is 0 Å². The molecular formula is C19H21ClIN3O. The Bertz CT molecular complexity index is 766. The van der Waals surface area contributed by atoms with Crippen LogP contribution in [0, 0.1) is 0 Å². The molecule has 0 spiro atoms. The first-order chi connectivity index (χ1) is 11.7. The van der Waals surface area contributed by atoms with Crippen LogP contribution in [0.3, 0.4) is 0 Å². The standard InChI is InChI=1S/C19H20ClN3O.HI/c20-13-7-5-12(6-8-13)15-11-17(15)23-19(21)22-16-9-10-24-18-4-2-1-3-14(16)18;/h1-8,15-17H,9-11H2,(H3,21,22,23);1H/t15-,16?,17+;/m0./s1. The van der Waals surface area contributed by atoms with E-state index in [9.17, 15) is 0 Å². The van der Waals surface area contributed by atoms with Crippen LogP contribution in [0.5, 0.6) is 5.75 Å². The van der Waals surface area contributed by atoms with Crippen molar-refractivity contribution >= 4 is 41.5 Å². The van der Waals surface area contributed by atoms with Crippen molar-refractivity contribution in [3.05, 3.63) is 64.7 Å². The van der Waals surface area contributed by atoms with E-state index in [1.54, 1.807) is 0 Å². The summed E-state index contributed by atoms with van der Waals surface area (Å²) in [5.74, 6) is 1.91. The van der Waals surface area contributed by atoms with Gasteiger partial charge in [-0.3, -0.25) is 0 Å². The summed E-state index contributed by atoms with van der Waals surface area (Å²) >= 11 is 5.94. The number of nitrogens with one attached hydrogen (secondary N) is 1. The third kappa shape index (κ3) is 4.20. The van der Waals surface area contributed by atoms with Gasteiger partial charge in [0.15, 0.2) is 5.96 Å². The molecular weight excluding hydrogens is 449 g/mol. The SMILES string of the molecule is I.NC(=NC1CCOc2ccccc21)N[C@@H]1C[C@H]1c1ccc(Cl)cc1. The summed E-state index contributed by atoms with van der Waals surface area (Å²) in [6.07, 6.45) is 1.92. The molecule has 1 heterocycles. The molecule has 1 aliphatic carbocycles. The summed E-state index contributed by atoms with van der Waals surface area (Å²) in [5, 5.41) is 4.12. The summed E-state index contributed by atoms with van der Waals surface area (Å²) in [6, 6.07) is 16.5. The molecule has 0 bridgehead atoms. The minimum absolute atomic E-state index is 0. The Morgan fingerprint density at radius 3 is 2.72 bits per heavy atom. The fourth-order valence-electron chi connectivity index (χ4n) is 3.29. The number of fused-ring (bicyclic) bond motifs is 1. The smallest absolute Gasteiger partial charge is 0.189 e. The second kappa shape index (κ2) is 7.83. The number of aliphatic imine (C=N–C) groups is 1. The second-order valence-corrected chi connectivity index (χ2v) is 6.79. The first-order valence-corrected chi connectivity index (χ1v) is 8.65. The Morgan fingerprint density at radius 1 is 1.16 bits per heavy atom. The normalized spacial score (nSPS) is 24.5. The minimum atomic E-state index is 0. The van der Waals surface area contributed by atoms with Crippen molar-refractivity contribution in [2.45, 2.75) is 30.8 Å². The fraction of sp³-hybridized carbons (Fsp3) is 0.316. The van der Waals surface area contributed by atoms with E-state index in [0.29, 0.717) is 24.5 Å². The summed E-state index contributed by atoms with van der Waals surface area (Å²) in [7, 11) is 0. The van der Waals surface area contributed by atoms with Crippen molar-refractivity contribution in [2.75, 3.05) is 6.61 Å². The van der Waals surface area contributed by atoms with Gasteiger partial charge in [0, 0.05) is 29.0 Å². The monoisotopic (exact) mass is 469 g/mol. The highest BCUT2D eigenvalue weighted by molar-refractivity contribution is 14.0. The Labute approximate surface area is 169 Å². The average molecular weight is 470 g/mol. The predicted octanol–water partition coefficient (Wildman–Crippen LogP) is 4.24. The Morgan fingerprint density at radius 2 is 1.92 bits per heavy atom. The lowest BCUT2D eigenvalue weighted by Crippen LogP contribution is -2.35. The van der Waals surface area contributed by atoms with Crippen LogP contribution in [-0.4, -0.2) is 18.6 Å². The lowest BCUT2D eigenvalue weighted by atomic mass is 10.0. The zero-order chi connectivity index (χ0) is 16.5. The first kappa shape index (κ1) is 18.3. The zero-order valence-electron chi connectivity index (χ0n) is 13.7. The van der Waals surface area contributed by atoms with Crippen LogP contribution in [0.1, 0.15) is 35.9 Å². The molecule has 25 heavy (non-hydrogen) atoms. The Hall–Kier alpha value is -1.47. The van der Waals surface area contributed by atoms with Crippen molar-refractivity contribution in [2.24, 2.45) is 10.7 Å². The lowest BCUT2D eigenvalue weighted by Gasteiger charge is -2.23. The number of nitrogens with zero attached hydrogens (tertiary/aromatic N) is 1. The second-order valence-electron chi connectivity index (χ2n) is 6.35. The molecule has 3 atom stereocenters. The van der Waals surface area contributed by atoms with Crippen molar-refractivity contribution < 1.29 is 4.74 Å². The van der Waals surface area contributed by atoms with Crippen LogP contribution >= 0.6 is 35.6 Å². The van der Waals surface area contributed by atoms with E-state index >= 15 is 0 Å². The van der Waals surface area contributed by atoms with Crippen molar-refractivity contribution in [3.8, 4) is 5.75 Å². The highest BCUT2D eigenvalue weighted by Crippen LogP contribution is 2.41. The van der Waals surface area contributed by atoms with Crippen LogP contribution in [0.4, 0.5) is 0 Å². The van der Waals surface area contributed by atoms with Crippen LogP contribution in [0.15, 0.2) is 53.5 Å².